The van der Waals surface area contributed by atoms with Gasteiger partial charge in [0.15, 0.2) is 11.9 Å². The van der Waals surface area contributed by atoms with Gasteiger partial charge in [-0.1, -0.05) is 35.0 Å². The number of nitro benzene ring substituents is 1. The van der Waals surface area contributed by atoms with E-state index in [1.165, 1.54) is 24.3 Å². The Morgan fingerprint density at radius 1 is 1.12 bits per heavy atom. The van der Waals surface area contributed by atoms with E-state index in [9.17, 15) is 19.7 Å². The molecule has 4 rings (SSSR count). The SMILES string of the molecule is CC(OC(=O)c1ccccc1C(=O)c1ccc(Cl)c([N+](=O)[O-])c1)c1nc(-c2cccnc2)no1. The first-order chi connectivity index (χ1) is 16.3. The number of nitrogens with zero attached hydrogens (tertiary/aromatic N) is 4. The van der Waals surface area contributed by atoms with Gasteiger partial charge < -0.3 is 9.26 Å². The van der Waals surface area contributed by atoms with Crippen molar-refractivity contribution in [2.75, 3.05) is 0 Å². The smallest absolute Gasteiger partial charge is 0.339 e. The third-order valence-corrected chi connectivity index (χ3v) is 5.11. The van der Waals surface area contributed by atoms with Gasteiger partial charge in [0.2, 0.25) is 5.82 Å². The lowest BCUT2D eigenvalue weighted by atomic mass is 9.98. The van der Waals surface area contributed by atoms with Crippen molar-refractivity contribution in [1.29, 1.82) is 0 Å². The third-order valence-electron chi connectivity index (χ3n) is 4.79. The fourth-order valence-corrected chi connectivity index (χ4v) is 3.28. The molecule has 4 aromatic rings. The van der Waals surface area contributed by atoms with Crippen LogP contribution >= 0.6 is 11.6 Å². The van der Waals surface area contributed by atoms with Crippen LogP contribution in [0.4, 0.5) is 5.69 Å². The minimum Gasteiger partial charge on any atom is -0.449 e. The van der Waals surface area contributed by atoms with Gasteiger partial charge in [-0.15, -0.1) is 0 Å². The Morgan fingerprint density at radius 2 is 1.88 bits per heavy atom. The van der Waals surface area contributed by atoms with E-state index in [4.69, 9.17) is 20.9 Å². The number of carbonyl (C=O) groups excluding carboxylic acids is 2. The highest BCUT2D eigenvalue weighted by Gasteiger charge is 2.25. The molecular weight excluding hydrogens is 464 g/mol. The Kier molecular flexibility index (Phi) is 6.42. The van der Waals surface area contributed by atoms with E-state index in [1.807, 2.05) is 0 Å². The number of halogens is 1. The Hall–Kier alpha value is -4.44. The summed E-state index contributed by atoms with van der Waals surface area (Å²) in [7, 11) is 0. The molecule has 10 nitrogen and oxygen atoms in total. The number of pyridine rings is 1. The summed E-state index contributed by atoms with van der Waals surface area (Å²) in [6, 6.07) is 13.1. The highest BCUT2D eigenvalue weighted by atomic mass is 35.5. The Bertz CT molecular complexity index is 1390. The van der Waals surface area contributed by atoms with Gasteiger partial charge in [-0.3, -0.25) is 19.9 Å². The van der Waals surface area contributed by atoms with Crippen molar-refractivity contribution in [2.24, 2.45) is 0 Å². The molecule has 0 spiro atoms. The predicted octanol–water partition coefficient (Wildman–Crippen LogP) is 4.84. The molecule has 0 radical (unpaired) electrons. The number of rotatable bonds is 7. The molecule has 0 aliphatic carbocycles. The molecule has 170 valence electrons. The normalized spacial score (nSPS) is 11.6. The van der Waals surface area contributed by atoms with Crippen molar-refractivity contribution in [3.63, 3.8) is 0 Å². The molecule has 0 fully saturated rings. The number of ketones is 1. The summed E-state index contributed by atoms with van der Waals surface area (Å²) in [5.41, 5.74) is 0.204. The van der Waals surface area contributed by atoms with E-state index in [-0.39, 0.29) is 33.4 Å². The van der Waals surface area contributed by atoms with Crippen molar-refractivity contribution in [2.45, 2.75) is 13.0 Å². The largest absolute Gasteiger partial charge is 0.449 e. The number of carbonyl (C=O) groups is 2. The maximum atomic E-state index is 13.1. The summed E-state index contributed by atoms with van der Waals surface area (Å²) in [5.74, 6) is -1.06. The monoisotopic (exact) mass is 478 g/mol. The molecule has 2 heterocycles. The van der Waals surface area contributed by atoms with Crippen LogP contribution in [0, 0.1) is 10.1 Å². The summed E-state index contributed by atoms with van der Waals surface area (Å²) in [6.07, 6.45) is 2.26. The van der Waals surface area contributed by atoms with Gasteiger partial charge in [0, 0.05) is 35.2 Å². The van der Waals surface area contributed by atoms with Gasteiger partial charge >= 0.3 is 5.97 Å². The van der Waals surface area contributed by atoms with Crippen molar-refractivity contribution >= 4 is 29.0 Å². The summed E-state index contributed by atoms with van der Waals surface area (Å²) in [5, 5.41) is 14.9. The van der Waals surface area contributed by atoms with E-state index in [0.29, 0.717) is 5.56 Å². The van der Waals surface area contributed by atoms with E-state index < -0.39 is 28.5 Å². The van der Waals surface area contributed by atoms with E-state index >= 15 is 0 Å². The van der Waals surface area contributed by atoms with Crippen LogP contribution in [0.25, 0.3) is 11.4 Å². The molecule has 2 aromatic carbocycles. The molecule has 1 atom stereocenters. The third kappa shape index (κ3) is 4.66. The molecule has 0 aliphatic heterocycles. The topological polar surface area (TPSA) is 138 Å². The molecule has 0 bridgehead atoms. The van der Waals surface area contributed by atoms with Crippen LogP contribution in [0.1, 0.15) is 45.2 Å². The molecule has 1 unspecified atom stereocenters. The van der Waals surface area contributed by atoms with Crippen LogP contribution in [0.15, 0.2) is 71.5 Å². The quantitative estimate of drug-likeness (QED) is 0.158. The van der Waals surface area contributed by atoms with Crippen molar-refractivity contribution in [3.05, 3.63) is 105 Å². The minimum absolute atomic E-state index is 0.00223. The second-order valence-corrected chi connectivity index (χ2v) is 7.45. The van der Waals surface area contributed by atoms with Gasteiger partial charge in [0.25, 0.3) is 11.6 Å². The van der Waals surface area contributed by atoms with Gasteiger partial charge in [0.05, 0.1) is 10.5 Å². The number of esters is 1. The average Bonchev–Trinajstić information content (AvgIpc) is 3.35. The molecule has 2 aromatic heterocycles. The first kappa shape index (κ1) is 22.7. The molecule has 11 heteroatoms. The Morgan fingerprint density at radius 3 is 2.59 bits per heavy atom. The van der Waals surface area contributed by atoms with E-state index in [2.05, 4.69) is 15.1 Å². The highest BCUT2D eigenvalue weighted by Crippen LogP contribution is 2.27. The Balaban J connectivity index is 1.56. The molecule has 0 aliphatic rings. The zero-order chi connectivity index (χ0) is 24.2. The Labute approximate surface area is 197 Å². The standard InChI is InChI=1S/C23H15ClN4O6/c1-13(22-26-21(27-34-22)15-5-4-10-25-12-15)33-23(30)17-7-3-2-6-16(17)20(29)14-8-9-18(24)19(11-14)28(31)32/h2-13H,1H3. The minimum atomic E-state index is -0.912. The van der Waals surface area contributed by atoms with Crippen molar-refractivity contribution < 1.29 is 23.8 Å². The molecular formula is C23H15ClN4O6. The summed E-state index contributed by atoms with van der Waals surface area (Å²) in [6.45, 7) is 1.55. The van der Waals surface area contributed by atoms with Gasteiger partial charge in [0.1, 0.15) is 5.02 Å². The van der Waals surface area contributed by atoms with Crippen molar-refractivity contribution in [1.82, 2.24) is 15.1 Å². The lowest BCUT2D eigenvalue weighted by molar-refractivity contribution is -0.384. The predicted molar refractivity (Wildman–Crippen MR) is 119 cm³/mol. The molecule has 0 N–H and O–H groups in total. The number of ether oxygens (including phenoxy) is 1. The second-order valence-electron chi connectivity index (χ2n) is 7.04. The number of nitro groups is 1. The lowest BCUT2D eigenvalue weighted by Crippen LogP contribution is -2.15. The number of aromatic nitrogens is 3. The van der Waals surface area contributed by atoms with Crippen LogP contribution in [0.3, 0.4) is 0 Å². The van der Waals surface area contributed by atoms with Crippen LogP contribution in [-0.2, 0) is 4.74 Å². The van der Waals surface area contributed by atoms with Gasteiger partial charge in [-0.25, -0.2) is 4.79 Å². The van der Waals surface area contributed by atoms with E-state index in [1.54, 1.807) is 43.6 Å². The second kappa shape index (κ2) is 9.59. The highest BCUT2D eigenvalue weighted by molar-refractivity contribution is 6.33. The molecule has 34 heavy (non-hydrogen) atoms. The fourth-order valence-electron chi connectivity index (χ4n) is 3.10. The van der Waals surface area contributed by atoms with Gasteiger partial charge in [-0.2, -0.15) is 4.98 Å². The lowest BCUT2D eigenvalue weighted by Gasteiger charge is -2.12. The van der Waals surface area contributed by atoms with E-state index in [0.717, 1.165) is 6.07 Å². The molecule has 0 saturated carbocycles. The summed E-state index contributed by atoms with van der Waals surface area (Å²) in [4.78, 5) is 44.6. The fraction of sp³-hybridized carbons (Fsp3) is 0.0870. The van der Waals surface area contributed by atoms with Gasteiger partial charge in [-0.05, 0) is 37.3 Å². The van der Waals surface area contributed by atoms with Crippen molar-refractivity contribution in [3.8, 4) is 11.4 Å². The molecule has 0 amide bonds. The van der Waals surface area contributed by atoms with Crippen LogP contribution in [-0.4, -0.2) is 31.8 Å². The first-order valence-electron chi connectivity index (χ1n) is 9.88. The average molecular weight is 479 g/mol. The zero-order valence-corrected chi connectivity index (χ0v) is 18.3. The first-order valence-corrected chi connectivity index (χ1v) is 10.3. The molecule has 0 saturated heterocycles. The summed E-state index contributed by atoms with van der Waals surface area (Å²) >= 11 is 5.83. The van der Waals surface area contributed by atoms with Crippen LogP contribution in [0.2, 0.25) is 5.02 Å². The van der Waals surface area contributed by atoms with Crippen LogP contribution < -0.4 is 0 Å². The van der Waals surface area contributed by atoms with Crippen LogP contribution in [0.5, 0.6) is 0 Å². The zero-order valence-electron chi connectivity index (χ0n) is 17.5. The maximum absolute atomic E-state index is 13.1. The maximum Gasteiger partial charge on any atom is 0.339 e. The summed E-state index contributed by atoms with van der Waals surface area (Å²) < 4.78 is 10.6. The number of hydrogen-bond donors (Lipinski definition) is 0. The number of benzene rings is 2. The number of hydrogen-bond acceptors (Lipinski definition) is 9.